The van der Waals surface area contributed by atoms with E-state index in [1.54, 1.807) is 0 Å². The van der Waals surface area contributed by atoms with E-state index in [4.69, 9.17) is 5.73 Å². The van der Waals surface area contributed by atoms with Crippen LogP contribution in [0, 0.1) is 5.41 Å². The van der Waals surface area contributed by atoms with Gasteiger partial charge in [-0.05, 0) is 41.9 Å². The second-order valence-corrected chi connectivity index (χ2v) is 5.99. The minimum absolute atomic E-state index is 0.334. The molecule has 0 radical (unpaired) electrons. The third-order valence-electron chi connectivity index (χ3n) is 3.84. The maximum Gasteiger partial charge on any atom is 0.0178 e. The van der Waals surface area contributed by atoms with E-state index < -0.39 is 0 Å². The van der Waals surface area contributed by atoms with Gasteiger partial charge < -0.3 is 5.73 Å². The highest BCUT2D eigenvalue weighted by Gasteiger charge is 2.19. The number of nitrogens with two attached hydrogens (primary N) is 1. The van der Waals surface area contributed by atoms with Crippen LogP contribution in [0.15, 0.2) is 47.1 Å². The summed E-state index contributed by atoms with van der Waals surface area (Å²) in [6.45, 7) is 13.9. The van der Waals surface area contributed by atoms with Crippen molar-refractivity contribution in [3.05, 3.63) is 47.1 Å². The van der Waals surface area contributed by atoms with Gasteiger partial charge in [-0.3, -0.25) is 0 Å². The van der Waals surface area contributed by atoms with Crippen molar-refractivity contribution in [1.82, 2.24) is 0 Å². The van der Waals surface area contributed by atoms with Gasteiger partial charge in [-0.15, -0.1) is 0 Å². The number of hydrogen-bond acceptors (Lipinski definition) is 1. The first-order valence-electron chi connectivity index (χ1n) is 6.84. The van der Waals surface area contributed by atoms with Crippen LogP contribution in [0.5, 0.6) is 0 Å². The highest BCUT2D eigenvalue weighted by molar-refractivity contribution is 5.45. The molecule has 0 bridgehead atoms. The molecule has 0 aromatic carbocycles. The molecule has 100 valence electrons. The average molecular weight is 245 g/mol. The Morgan fingerprint density at radius 3 is 2.67 bits per heavy atom. The smallest absolute Gasteiger partial charge is 0.0178 e. The predicted molar refractivity (Wildman–Crippen MR) is 81.4 cm³/mol. The molecule has 0 aromatic heterocycles. The van der Waals surface area contributed by atoms with E-state index >= 15 is 0 Å². The van der Waals surface area contributed by atoms with Gasteiger partial charge in [0.2, 0.25) is 0 Å². The number of allylic oxidation sites excluding steroid dienone is 5. The standard InChI is InChI=1S/C17H27N/c1-6-17(4,5)11-14(3)16-9-7-8-15(12-18)10-13(16)2/h7-8,10H,3,6,9,11-12,18H2,1-2,4-5H3. The molecule has 0 fully saturated rings. The number of hydrogen-bond donors (Lipinski definition) is 1. The maximum absolute atomic E-state index is 5.72. The van der Waals surface area contributed by atoms with Gasteiger partial charge in [0.25, 0.3) is 0 Å². The summed E-state index contributed by atoms with van der Waals surface area (Å²) >= 11 is 0. The first kappa shape index (κ1) is 15.0. The van der Waals surface area contributed by atoms with Crippen molar-refractivity contribution in [3.8, 4) is 0 Å². The molecule has 18 heavy (non-hydrogen) atoms. The van der Waals surface area contributed by atoms with Crippen molar-refractivity contribution in [1.29, 1.82) is 0 Å². The summed E-state index contributed by atoms with van der Waals surface area (Å²) in [5.74, 6) is 0. The topological polar surface area (TPSA) is 26.0 Å². The third kappa shape index (κ3) is 3.99. The quantitative estimate of drug-likeness (QED) is 0.756. The molecule has 0 aliphatic heterocycles. The minimum atomic E-state index is 0.334. The van der Waals surface area contributed by atoms with Crippen LogP contribution >= 0.6 is 0 Å². The molecule has 1 aliphatic carbocycles. The molecule has 0 aromatic rings. The molecule has 1 aliphatic rings. The fourth-order valence-corrected chi connectivity index (χ4v) is 2.26. The average Bonchev–Trinajstić information content (AvgIpc) is 2.50. The van der Waals surface area contributed by atoms with E-state index in [2.05, 4.69) is 52.5 Å². The highest BCUT2D eigenvalue weighted by Crippen LogP contribution is 2.34. The summed E-state index contributed by atoms with van der Waals surface area (Å²) in [4.78, 5) is 0. The Morgan fingerprint density at radius 1 is 1.44 bits per heavy atom. The van der Waals surface area contributed by atoms with Gasteiger partial charge in [0.05, 0.1) is 0 Å². The SMILES string of the molecule is C=C(CC(C)(C)CC)C1=C(C)C=C(CN)C=CC1. The molecule has 1 nitrogen and oxygen atoms in total. The first-order chi connectivity index (χ1) is 8.39. The van der Waals surface area contributed by atoms with E-state index in [1.807, 2.05) is 0 Å². The highest BCUT2D eigenvalue weighted by atomic mass is 14.5. The summed E-state index contributed by atoms with van der Waals surface area (Å²) in [6.07, 6.45) is 9.75. The van der Waals surface area contributed by atoms with Crippen molar-refractivity contribution < 1.29 is 0 Å². The van der Waals surface area contributed by atoms with Gasteiger partial charge in [0, 0.05) is 6.54 Å². The summed E-state index contributed by atoms with van der Waals surface area (Å²) < 4.78 is 0. The summed E-state index contributed by atoms with van der Waals surface area (Å²) in [7, 11) is 0. The fourth-order valence-electron chi connectivity index (χ4n) is 2.26. The van der Waals surface area contributed by atoms with Crippen molar-refractivity contribution in [3.63, 3.8) is 0 Å². The maximum atomic E-state index is 5.72. The molecule has 1 heteroatoms. The van der Waals surface area contributed by atoms with Gasteiger partial charge >= 0.3 is 0 Å². The van der Waals surface area contributed by atoms with E-state index in [1.165, 1.54) is 28.7 Å². The van der Waals surface area contributed by atoms with Crippen LogP contribution in [0.3, 0.4) is 0 Å². The monoisotopic (exact) mass is 245 g/mol. The third-order valence-corrected chi connectivity index (χ3v) is 3.84. The van der Waals surface area contributed by atoms with Crippen LogP contribution in [-0.4, -0.2) is 6.54 Å². The fraction of sp³-hybridized carbons (Fsp3) is 0.529. The normalized spacial score (nSPS) is 16.6. The Balaban J connectivity index is 2.92. The Bertz CT molecular complexity index is 405. The van der Waals surface area contributed by atoms with Crippen molar-refractivity contribution in [2.24, 2.45) is 11.1 Å². The Morgan fingerprint density at radius 2 is 2.11 bits per heavy atom. The first-order valence-corrected chi connectivity index (χ1v) is 6.84. The molecule has 1 rings (SSSR count). The van der Waals surface area contributed by atoms with E-state index in [9.17, 15) is 0 Å². The molecule has 2 N–H and O–H groups in total. The molecule has 0 atom stereocenters. The van der Waals surface area contributed by atoms with Crippen LogP contribution in [0.1, 0.15) is 47.0 Å². The molecule has 0 saturated carbocycles. The molecule has 0 unspecified atom stereocenters. The van der Waals surface area contributed by atoms with E-state index in [-0.39, 0.29) is 0 Å². The van der Waals surface area contributed by atoms with Gasteiger partial charge in [0.1, 0.15) is 0 Å². The van der Waals surface area contributed by atoms with Crippen molar-refractivity contribution in [2.45, 2.75) is 47.0 Å². The minimum Gasteiger partial charge on any atom is -0.326 e. The second kappa shape index (κ2) is 6.19. The molecule has 0 heterocycles. The lowest BCUT2D eigenvalue weighted by Gasteiger charge is -2.25. The van der Waals surface area contributed by atoms with Gasteiger partial charge in [0.15, 0.2) is 0 Å². The largest absolute Gasteiger partial charge is 0.326 e. The van der Waals surface area contributed by atoms with Crippen LogP contribution in [-0.2, 0) is 0 Å². The van der Waals surface area contributed by atoms with Crippen molar-refractivity contribution in [2.75, 3.05) is 6.54 Å². The Labute approximate surface area is 112 Å². The summed E-state index contributed by atoms with van der Waals surface area (Å²) in [6, 6.07) is 0. The molecular formula is C17H27N. The van der Waals surface area contributed by atoms with Crippen LogP contribution in [0.4, 0.5) is 0 Å². The van der Waals surface area contributed by atoms with Crippen LogP contribution in [0.25, 0.3) is 0 Å². The zero-order valence-electron chi connectivity index (χ0n) is 12.3. The van der Waals surface area contributed by atoms with Crippen LogP contribution in [0.2, 0.25) is 0 Å². The number of rotatable bonds is 5. The lowest BCUT2D eigenvalue weighted by Crippen LogP contribution is -2.11. The Hall–Kier alpha value is -1.08. The zero-order valence-corrected chi connectivity index (χ0v) is 12.3. The molecular weight excluding hydrogens is 218 g/mol. The molecule has 0 spiro atoms. The lowest BCUT2D eigenvalue weighted by molar-refractivity contribution is 0.349. The second-order valence-electron chi connectivity index (χ2n) is 5.99. The van der Waals surface area contributed by atoms with Crippen LogP contribution < -0.4 is 5.73 Å². The summed E-state index contributed by atoms with van der Waals surface area (Å²) in [5, 5.41) is 0. The van der Waals surface area contributed by atoms with Gasteiger partial charge in [-0.25, -0.2) is 0 Å². The molecule has 0 amide bonds. The van der Waals surface area contributed by atoms with Crippen molar-refractivity contribution >= 4 is 0 Å². The Kier molecular flexibility index (Phi) is 5.15. The predicted octanol–water partition coefficient (Wildman–Crippen LogP) is 4.53. The van der Waals surface area contributed by atoms with Gasteiger partial charge in [-0.1, -0.05) is 57.6 Å². The zero-order chi connectivity index (χ0) is 13.8. The summed E-state index contributed by atoms with van der Waals surface area (Å²) in [5.41, 5.74) is 11.2. The molecule has 0 saturated heterocycles. The lowest BCUT2D eigenvalue weighted by atomic mass is 9.80. The van der Waals surface area contributed by atoms with E-state index in [0.717, 1.165) is 12.8 Å². The van der Waals surface area contributed by atoms with E-state index in [0.29, 0.717) is 12.0 Å². The van der Waals surface area contributed by atoms with Gasteiger partial charge in [-0.2, -0.15) is 0 Å².